The van der Waals surface area contributed by atoms with Crippen molar-refractivity contribution in [1.29, 1.82) is 0 Å². The number of hydrogen-bond acceptors (Lipinski definition) is 4. The van der Waals surface area contributed by atoms with Gasteiger partial charge in [0.25, 0.3) is 5.91 Å². The highest BCUT2D eigenvalue weighted by Gasteiger charge is 2.32. The number of carbonyl (C=O) groups excluding carboxylic acids is 3. The molecule has 5 N–H and O–H groups in total. The molecule has 3 amide bonds. The summed E-state index contributed by atoms with van der Waals surface area (Å²) in [6, 6.07) is 16.2. The number of ether oxygens (including phenoxy) is 1. The minimum atomic E-state index is -0.692. The number of rotatable bonds is 11. The molecular formula is C29H41ClN4O4. The highest BCUT2D eigenvalue weighted by molar-refractivity contribution is 5.89. The van der Waals surface area contributed by atoms with Crippen LogP contribution in [-0.2, 0) is 27.3 Å². The van der Waals surface area contributed by atoms with E-state index in [1.165, 1.54) is 0 Å². The normalized spacial score (nSPS) is 15.2. The SMILES string of the molecule is COc1ccc(CNC(=O)[C@@H](Cc2ccccc2)NC(=O)C2CCN(C(=O)[C@@H]([NH3+])CC(C)C)CC2)cc1.[Cl-]. The molecule has 0 aromatic heterocycles. The molecule has 8 nitrogen and oxygen atoms in total. The average molecular weight is 545 g/mol. The van der Waals surface area contributed by atoms with E-state index in [-0.39, 0.29) is 42.1 Å². The van der Waals surface area contributed by atoms with E-state index in [2.05, 4.69) is 30.2 Å². The van der Waals surface area contributed by atoms with E-state index in [0.717, 1.165) is 23.3 Å². The molecule has 2 atom stereocenters. The molecule has 0 spiro atoms. The molecule has 0 bridgehead atoms. The molecule has 1 aliphatic heterocycles. The summed E-state index contributed by atoms with van der Waals surface area (Å²) in [6.07, 6.45) is 2.32. The van der Waals surface area contributed by atoms with Crippen molar-refractivity contribution >= 4 is 17.7 Å². The number of quaternary nitrogens is 1. The van der Waals surface area contributed by atoms with Gasteiger partial charge in [0.15, 0.2) is 6.04 Å². The van der Waals surface area contributed by atoms with Crippen LogP contribution in [0.3, 0.4) is 0 Å². The van der Waals surface area contributed by atoms with Gasteiger partial charge in [0, 0.05) is 38.4 Å². The lowest BCUT2D eigenvalue weighted by Crippen LogP contribution is -3.00. The summed E-state index contributed by atoms with van der Waals surface area (Å²) in [5.74, 6) is 0.627. The predicted molar refractivity (Wildman–Crippen MR) is 142 cm³/mol. The van der Waals surface area contributed by atoms with Gasteiger partial charge in [0.05, 0.1) is 7.11 Å². The Morgan fingerprint density at radius 3 is 2.21 bits per heavy atom. The van der Waals surface area contributed by atoms with Crippen LogP contribution in [0.2, 0.25) is 0 Å². The second kappa shape index (κ2) is 15.3. The minimum Gasteiger partial charge on any atom is -1.00 e. The van der Waals surface area contributed by atoms with Crippen LogP contribution in [0.4, 0.5) is 0 Å². The van der Waals surface area contributed by atoms with E-state index in [1.54, 1.807) is 7.11 Å². The Morgan fingerprint density at radius 2 is 1.63 bits per heavy atom. The van der Waals surface area contributed by atoms with Gasteiger partial charge in [-0.3, -0.25) is 14.4 Å². The Hall–Kier alpha value is -3.10. The highest BCUT2D eigenvalue weighted by Crippen LogP contribution is 2.19. The molecule has 2 aromatic carbocycles. The largest absolute Gasteiger partial charge is 1.00 e. The van der Waals surface area contributed by atoms with Crippen molar-refractivity contribution in [2.75, 3.05) is 20.2 Å². The average Bonchev–Trinajstić information content (AvgIpc) is 2.91. The van der Waals surface area contributed by atoms with Crippen LogP contribution in [0.5, 0.6) is 5.75 Å². The molecule has 0 radical (unpaired) electrons. The van der Waals surface area contributed by atoms with Gasteiger partial charge in [-0.05, 0) is 42.0 Å². The van der Waals surface area contributed by atoms with Crippen LogP contribution >= 0.6 is 0 Å². The fourth-order valence-corrected chi connectivity index (χ4v) is 4.69. The van der Waals surface area contributed by atoms with Gasteiger partial charge in [-0.2, -0.15) is 0 Å². The number of nitrogens with zero attached hydrogens (tertiary/aromatic N) is 1. The monoisotopic (exact) mass is 544 g/mol. The zero-order valence-corrected chi connectivity index (χ0v) is 23.4. The molecule has 1 fully saturated rings. The summed E-state index contributed by atoms with van der Waals surface area (Å²) in [5.41, 5.74) is 5.95. The Bertz CT molecular complexity index is 1020. The first-order chi connectivity index (χ1) is 17.8. The van der Waals surface area contributed by atoms with E-state index in [0.29, 0.717) is 44.8 Å². The lowest BCUT2D eigenvalue weighted by molar-refractivity contribution is -0.408. The first kappa shape index (κ1) is 31.1. The molecule has 1 saturated heterocycles. The fraction of sp³-hybridized carbons (Fsp3) is 0.483. The number of nitrogens with one attached hydrogen (secondary N) is 2. The zero-order chi connectivity index (χ0) is 26.8. The summed E-state index contributed by atoms with van der Waals surface area (Å²) in [5, 5.41) is 5.96. The van der Waals surface area contributed by atoms with E-state index >= 15 is 0 Å². The first-order valence-electron chi connectivity index (χ1n) is 13.1. The van der Waals surface area contributed by atoms with E-state index in [9.17, 15) is 14.4 Å². The highest BCUT2D eigenvalue weighted by atomic mass is 35.5. The number of methoxy groups -OCH3 is 1. The molecule has 1 heterocycles. The van der Waals surface area contributed by atoms with Gasteiger partial charge in [-0.25, -0.2) is 0 Å². The first-order valence-corrected chi connectivity index (χ1v) is 13.1. The molecule has 1 aliphatic rings. The summed E-state index contributed by atoms with van der Waals surface area (Å²) < 4.78 is 5.19. The van der Waals surface area contributed by atoms with Crippen LogP contribution in [0, 0.1) is 11.8 Å². The van der Waals surface area contributed by atoms with Crippen molar-refractivity contribution in [1.82, 2.24) is 15.5 Å². The van der Waals surface area contributed by atoms with Gasteiger partial charge < -0.3 is 38.4 Å². The maximum absolute atomic E-state index is 13.2. The summed E-state index contributed by atoms with van der Waals surface area (Å²) >= 11 is 0. The lowest BCUT2D eigenvalue weighted by Gasteiger charge is -2.33. The maximum Gasteiger partial charge on any atom is 0.280 e. The number of benzene rings is 2. The maximum atomic E-state index is 13.2. The predicted octanol–water partition coefficient (Wildman–Crippen LogP) is -1.06. The molecule has 0 saturated carbocycles. The molecule has 0 unspecified atom stereocenters. The lowest BCUT2D eigenvalue weighted by atomic mass is 9.94. The van der Waals surface area contributed by atoms with Gasteiger partial charge >= 0.3 is 0 Å². The van der Waals surface area contributed by atoms with Crippen molar-refractivity contribution in [2.24, 2.45) is 11.8 Å². The smallest absolute Gasteiger partial charge is 0.280 e. The second-order valence-corrected chi connectivity index (χ2v) is 10.2. The van der Waals surface area contributed by atoms with E-state index in [4.69, 9.17) is 4.74 Å². The van der Waals surface area contributed by atoms with Crippen LogP contribution in [-0.4, -0.2) is 54.9 Å². The number of hydrogen-bond donors (Lipinski definition) is 3. The molecule has 2 aromatic rings. The molecule has 3 rings (SSSR count). The van der Waals surface area contributed by atoms with Crippen molar-refractivity contribution in [3.05, 3.63) is 65.7 Å². The molecule has 9 heteroatoms. The van der Waals surface area contributed by atoms with Crippen molar-refractivity contribution in [3.8, 4) is 5.75 Å². The van der Waals surface area contributed by atoms with Crippen LogP contribution in [0.1, 0.15) is 44.2 Å². The second-order valence-electron chi connectivity index (χ2n) is 10.2. The summed E-state index contributed by atoms with van der Waals surface area (Å²) in [7, 11) is 1.61. The molecule has 208 valence electrons. The van der Waals surface area contributed by atoms with Crippen LogP contribution < -0.4 is 33.5 Å². The van der Waals surface area contributed by atoms with E-state index < -0.39 is 6.04 Å². The Kier molecular flexibility index (Phi) is 12.6. The van der Waals surface area contributed by atoms with Gasteiger partial charge in [-0.15, -0.1) is 0 Å². The zero-order valence-electron chi connectivity index (χ0n) is 22.6. The molecular weight excluding hydrogens is 504 g/mol. The van der Waals surface area contributed by atoms with Gasteiger partial charge in [-0.1, -0.05) is 56.3 Å². The number of piperidine rings is 1. The third kappa shape index (κ3) is 9.33. The van der Waals surface area contributed by atoms with Crippen LogP contribution in [0.25, 0.3) is 0 Å². The minimum absolute atomic E-state index is 0. The Labute approximate surface area is 232 Å². The van der Waals surface area contributed by atoms with Crippen LogP contribution in [0.15, 0.2) is 54.6 Å². The van der Waals surface area contributed by atoms with Crippen molar-refractivity contribution in [3.63, 3.8) is 0 Å². The number of likely N-dealkylation sites (tertiary alicyclic amines) is 1. The van der Waals surface area contributed by atoms with Gasteiger partial charge in [0.2, 0.25) is 11.8 Å². The Morgan fingerprint density at radius 1 is 1.00 bits per heavy atom. The van der Waals surface area contributed by atoms with Crippen molar-refractivity contribution < 1.29 is 37.3 Å². The fourth-order valence-electron chi connectivity index (χ4n) is 4.69. The summed E-state index contributed by atoms with van der Waals surface area (Å²) in [6.45, 7) is 5.59. The third-order valence-corrected chi connectivity index (χ3v) is 6.82. The third-order valence-electron chi connectivity index (χ3n) is 6.82. The van der Waals surface area contributed by atoms with E-state index in [1.807, 2.05) is 59.5 Å². The topological polar surface area (TPSA) is 115 Å². The standard InChI is InChI=1S/C29H40N4O4.ClH/c1-20(2)17-25(30)29(36)33-15-13-23(14-16-33)27(34)32-26(18-21-7-5-4-6-8-21)28(35)31-19-22-9-11-24(37-3)12-10-22;/h4-12,20,23,25-26H,13-19,30H2,1-3H3,(H,31,35)(H,32,34);1H/t25-,26+;/m0./s1. The van der Waals surface area contributed by atoms with Gasteiger partial charge in [0.1, 0.15) is 11.8 Å². The summed E-state index contributed by atoms with van der Waals surface area (Å²) in [4.78, 5) is 40.9. The molecule has 0 aliphatic carbocycles. The number of amides is 3. The Balaban J connectivity index is 0.00000507. The molecule has 38 heavy (non-hydrogen) atoms. The number of carbonyl (C=O) groups is 3. The quantitative estimate of drug-likeness (QED) is 0.334. The number of halogens is 1. The van der Waals surface area contributed by atoms with Crippen molar-refractivity contribution in [2.45, 2.75) is 58.2 Å².